The highest BCUT2D eigenvalue weighted by atomic mass is 16.4. The normalized spacial score (nSPS) is 33.5. The maximum Gasteiger partial charge on any atom is 0.306 e. The van der Waals surface area contributed by atoms with Gasteiger partial charge in [0, 0.05) is 6.04 Å². The summed E-state index contributed by atoms with van der Waals surface area (Å²) in [6.45, 7) is 4.79. The zero-order valence-electron chi connectivity index (χ0n) is 8.79. The number of hydrogen-bond acceptors (Lipinski definition) is 3. The molecule has 0 bridgehead atoms. The maximum absolute atomic E-state index is 10.6. The second-order valence-electron chi connectivity index (χ2n) is 4.07. The molecule has 1 unspecified atom stereocenters. The minimum absolute atomic E-state index is 0.0306. The fourth-order valence-corrected chi connectivity index (χ4v) is 2.21. The van der Waals surface area contributed by atoms with E-state index in [9.17, 15) is 9.90 Å². The Labute approximate surface area is 84.3 Å². The highest BCUT2D eigenvalue weighted by Gasteiger charge is 2.50. The first-order valence-electron chi connectivity index (χ1n) is 5.22. The van der Waals surface area contributed by atoms with Crippen LogP contribution in [-0.2, 0) is 4.79 Å². The number of nitrogens with one attached hydrogen (secondary N) is 1. The first-order chi connectivity index (χ1) is 6.53. The molecular formula is C10H19NO3. The van der Waals surface area contributed by atoms with Crippen LogP contribution in [0.5, 0.6) is 0 Å². The quantitative estimate of drug-likeness (QED) is 0.609. The van der Waals surface area contributed by atoms with Crippen LogP contribution in [0.4, 0.5) is 0 Å². The summed E-state index contributed by atoms with van der Waals surface area (Å²) >= 11 is 0. The predicted octanol–water partition coefficient (Wildman–Crippen LogP) is 0.600. The Morgan fingerprint density at radius 2 is 2.14 bits per heavy atom. The van der Waals surface area contributed by atoms with Crippen LogP contribution in [0.15, 0.2) is 0 Å². The van der Waals surface area contributed by atoms with Crippen molar-refractivity contribution in [2.24, 2.45) is 5.92 Å². The summed E-state index contributed by atoms with van der Waals surface area (Å²) < 4.78 is 0. The van der Waals surface area contributed by atoms with Gasteiger partial charge in [-0.2, -0.15) is 0 Å². The molecule has 1 aliphatic carbocycles. The van der Waals surface area contributed by atoms with Crippen LogP contribution in [0.2, 0.25) is 0 Å². The van der Waals surface area contributed by atoms with Gasteiger partial charge in [-0.05, 0) is 25.8 Å². The van der Waals surface area contributed by atoms with E-state index < -0.39 is 11.6 Å². The molecule has 4 heteroatoms. The van der Waals surface area contributed by atoms with E-state index in [0.717, 1.165) is 13.0 Å². The molecule has 0 amide bonds. The lowest BCUT2D eigenvalue weighted by atomic mass is 9.66. The van der Waals surface area contributed by atoms with Crippen molar-refractivity contribution in [2.45, 2.75) is 44.8 Å². The van der Waals surface area contributed by atoms with E-state index in [1.54, 1.807) is 0 Å². The van der Waals surface area contributed by atoms with E-state index in [1.165, 1.54) is 0 Å². The summed E-state index contributed by atoms with van der Waals surface area (Å²) in [5.74, 6) is -1.14. The number of aliphatic carboxylic acids is 1. The summed E-state index contributed by atoms with van der Waals surface area (Å²) in [7, 11) is 0. The Bertz CT molecular complexity index is 211. The lowest BCUT2D eigenvalue weighted by molar-refractivity contribution is -0.162. The molecule has 0 saturated heterocycles. The fourth-order valence-electron chi connectivity index (χ4n) is 2.21. The number of carboxylic acids is 1. The molecule has 1 saturated carbocycles. The van der Waals surface area contributed by atoms with E-state index in [2.05, 4.69) is 5.32 Å². The number of hydrogen-bond donors (Lipinski definition) is 3. The molecule has 0 aromatic rings. The van der Waals surface area contributed by atoms with Gasteiger partial charge in [-0.3, -0.25) is 4.79 Å². The van der Waals surface area contributed by atoms with Crippen molar-refractivity contribution >= 4 is 5.97 Å². The van der Waals surface area contributed by atoms with Crippen molar-refractivity contribution in [1.82, 2.24) is 5.32 Å². The molecule has 1 fully saturated rings. The van der Waals surface area contributed by atoms with Gasteiger partial charge in [-0.25, -0.2) is 0 Å². The molecule has 1 rings (SSSR count). The van der Waals surface area contributed by atoms with E-state index >= 15 is 0 Å². The van der Waals surface area contributed by atoms with E-state index in [4.69, 9.17) is 5.11 Å². The molecular weight excluding hydrogens is 182 g/mol. The van der Waals surface area contributed by atoms with Crippen molar-refractivity contribution in [3.63, 3.8) is 0 Å². The molecule has 0 heterocycles. The molecule has 3 N–H and O–H groups in total. The van der Waals surface area contributed by atoms with Crippen LogP contribution < -0.4 is 5.32 Å². The van der Waals surface area contributed by atoms with E-state index in [-0.39, 0.29) is 12.0 Å². The van der Waals surface area contributed by atoms with Gasteiger partial charge >= 0.3 is 5.97 Å². The topological polar surface area (TPSA) is 69.6 Å². The predicted molar refractivity (Wildman–Crippen MR) is 53.1 cm³/mol. The molecule has 0 spiro atoms. The van der Waals surface area contributed by atoms with Crippen LogP contribution in [-0.4, -0.2) is 34.4 Å². The highest BCUT2D eigenvalue weighted by molar-refractivity contribution is 5.71. The van der Waals surface area contributed by atoms with E-state index in [1.807, 2.05) is 13.8 Å². The smallest absolute Gasteiger partial charge is 0.306 e. The molecule has 0 aliphatic heterocycles. The minimum atomic E-state index is -0.798. The Morgan fingerprint density at radius 1 is 1.57 bits per heavy atom. The Balaban J connectivity index is 2.48. The monoisotopic (exact) mass is 201 g/mol. The summed E-state index contributed by atoms with van der Waals surface area (Å²) in [6, 6.07) is 0.0306. The summed E-state index contributed by atoms with van der Waals surface area (Å²) in [5, 5.41) is 22.0. The third-order valence-electron chi connectivity index (χ3n) is 3.06. The van der Waals surface area contributed by atoms with Gasteiger partial charge in [0.2, 0.25) is 0 Å². The average molecular weight is 201 g/mol. The van der Waals surface area contributed by atoms with Gasteiger partial charge in [-0.1, -0.05) is 13.8 Å². The number of carboxylic acid groups (broad SMARTS) is 1. The highest BCUT2D eigenvalue weighted by Crippen LogP contribution is 2.41. The lowest BCUT2D eigenvalue weighted by Gasteiger charge is -2.46. The van der Waals surface area contributed by atoms with Gasteiger partial charge in [0.15, 0.2) is 0 Å². The first kappa shape index (κ1) is 11.5. The van der Waals surface area contributed by atoms with Gasteiger partial charge in [0.1, 0.15) is 0 Å². The van der Waals surface area contributed by atoms with Gasteiger partial charge < -0.3 is 15.5 Å². The largest absolute Gasteiger partial charge is 0.481 e. The van der Waals surface area contributed by atoms with Crippen LogP contribution in [0.25, 0.3) is 0 Å². The Morgan fingerprint density at radius 3 is 2.50 bits per heavy atom. The van der Waals surface area contributed by atoms with E-state index in [0.29, 0.717) is 12.8 Å². The van der Waals surface area contributed by atoms with Gasteiger partial charge in [-0.15, -0.1) is 0 Å². The Hall–Kier alpha value is -0.610. The van der Waals surface area contributed by atoms with Gasteiger partial charge in [0.25, 0.3) is 0 Å². The molecule has 0 aromatic heterocycles. The molecule has 14 heavy (non-hydrogen) atoms. The van der Waals surface area contributed by atoms with Crippen molar-refractivity contribution in [2.75, 3.05) is 6.54 Å². The molecule has 4 nitrogen and oxygen atoms in total. The second-order valence-corrected chi connectivity index (χ2v) is 4.07. The van der Waals surface area contributed by atoms with Crippen LogP contribution >= 0.6 is 0 Å². The standard InChI is InChI=1S/C10H19NO3/c1-3-8(11-4-2)10(14)5-7(6-10)9(12)13/h7-8,11,14H,3-6H2,1-2H3,(H,12,13). The summed E-state index contributed by atoms with van der Waals surface area (Å²) in [5.41, 5.74) is -0.798. The molecule has 0 aromatic carbocycles. The van der Waals surface area contributed by atoms with Crippen molar-refractivity contribution in [3.8, 4) is 0 Å². The first-order valence-corrected chi connectivity index (χ1v) is 5.22. The van der Waals surface area contributed by atoms with Crippen molar-refractivity contribution < 1.29 is 15.0 Å². The van der Waals surface area contributed by atoms with Crippen LogP contribution in [0, 0.1) is 5.92 Å². The zero-order chi connectivity index (χ0) is 10.8. The summed E-state index contributed by atoms with van der Waals surface area (Å²) in [4.78, 5) is 10.6. The van der Waals surface area contributed by atoms with Crippen LogP contribution in [0.1, 0.15) is 33.1 Å². The van der Waals surface area contributed by atoms with Crippen LogP contribution in [0.3, 0.4) is 0 Å². The fraction of sp³-hybridized carbons (Fsp3) is 0.900. The Kier molecular flexibility index (Phi) is 3.50. The SMILES string of the molecule is CCNC(CC)C1(O)CC(C(=O)O)C1. The number of likely N-dealkylation sites (N-methyl/N-ethyl adjacent to an activating group) is 1. The molecule has 82 valence electrons. The zero-order valence-corrected chi connectivity index (χ0v) is 8.79. The lowest BCUT2D eigenvalue weighted by Crippen LogP contribution is -2.59. The molecule has 0 radical (unpaired) electrons. The third-order valence-corrected chi connectivity index (χ3v) is 3.06. The molecule has 1 atom stereocenters. The minimum Gasteiger partial charge on any atom is -0.481 e. The molecule has 1 aliphatic rings. The van der Waals surface area contributed by atoms with Gasteiger partial charge in [0.05, 0.1) is 11.5 Å². The number of carbonyl (C=O) groups is 1. The van der Waals surface area contributed by atoms with Crippen molar-refractivity contribution in [1.29, 1.82) is 0 Å². The second kappa shape index (κ2) is 4.28. The summed E-state index contributed by atoms with van der Waals surface area (Å²) in [6.07, 6.45) is 1.60. The third kappa shape index (κ3) is 2.07. The average Bonchev–Trinajstić information content (AvgIpc) is 2.08. The number of rotatable bonds is 5. The van der Waals surface area contributed by atoms with Crippen molar-refractivity contribution in [3.05, 3.63) is 0 Å². The maximum atomic E-state index is 10.6. The number of aliphatic hydroxyl groups is 1.